The van der Waals surface area contributed by atoms with E-state index in [-0.39, 0.29) is 55.8 Å². The van der Waals surface area contributed by atoms with Gasteiger partial charge in [0.05, 0.1) is 25.2 Å². The molecule has 1 fully saturated rings. The molecule has 3 heterocycles. The predicted molar refractivity (Wildman–Crippen MR) is 188 cm³/mol. The van der Waals surface area contributed by atoms with Crippen molar-refractivity contribution in [1.29, 1.82) is 0 Å². The summed E-state index contributed by atoms with van der Waals surface area (Å²) in [6, 6.07) is 10.9. The lowest BCUT2D eigenvalue weighted by Crippen LogP contribution is -2.54. The Balaban J connectivity index is 1.67. The van der Waals surface area contributed by atoms with E-state index in [4.69, 9.17) is 18.9 Å². The number of para-hydroxylation sites is 2. The molecule has 1 aliphatic heterocycles. The minimum atomic E-state index is -1.30. The zero-order valence-electron chi connectivity index (χ0n) is 29.5. The average Bonchev–Trinajstić information content (AvgIpc) is 3.54. The van der Waals surface area contributed by atoms with Crippen LogP contribution in [0.25, 0.3) is 17.1 Å². The fourth-order valence-corrected chi connectivity index (χ4v) is 6.80. The maximum Gasteiger partial charge on any atom is 0.248 e. The van der Waals surface area contributed by atoms with Gasteiger partial charge in [0.1, 0.15) is 30.7 Å². The van der Waals surface area contributed by atoms with Gasteiger partial charge in [-0.3, -0.25) is 19.1 Å². The van der Waals surface area contributed by atoms with Crippen molar-refractivity contribution in [3.05, 3.63) is 48.8 Å². The third-order valence-corrected chi connectivity index (χ3v) is 9.40. The van der Waals surface area contributed by atoms with Crippen LogP contribution in [0.4, 0.5) is 0 Å². The van der Waals surface area contributed by atoms with Gasteiger partial charge in [-0.15, -0.1) is 10.2 Å². The molecule has 50 heavy (non-hydrogen) atoms. The van der Waals surface area contributed by atoms with Crippen LogP contribution in [0.5, 0.6) is 5.75 Å². The minimum absolute atomic E-state index is 0.0118. The number of thioether (sulfide) groups is 1. The molecule has 274 valence electrons. The fraction of sp³-hybridized carbons (Fsp3) is 0.571. The second-order valence-electron chi connectivity index (χ2n) is 12.6. The number of benzene rings is 1. The van der Waals surface area contributed by atoms with Crippen molar-refractivity contribution in [1.82, 2.24) is 29.5 Å². The first-order valence-corrected chi connectivity index (χ1v) is 17.8. The number of aromatic nitrogens is 4. The highest BCUT2D eigenvalue weighted by molar-refractivity contribution is 7.99. The highest BCUT2D eigenvalue weighted by atomic mass is 32.2. The van der Waals surface area contributed by atoms with Crippen molar-refractivity contribution in [2.45, 2.75) is 62.6 Å². The van der Waals surface area contributed by atoms with Crippen LogP contribution in [-0.2, 0) is 23.8 Å². The van der Waals surface area contributed by atoms with Crippen molar-refractivity contribution in [2.75, 3.05) is 66.5 Å². The molecule has 4 rings (SSSR count). The number of hydrogen-bond donors (Lipinski definition) is 2. The number of carbonyl (C=O) groups is 2. The van der Waals surface area contributed by atoms with Gasteiger partial charge in [0, 0.05) is 64.5 Å². The van der Waals surface area contributed by atoms with Crippen molar-refractivity contribution in [3.8, 4) is 22.8 Å². The van der Waals surface area contributed by atoms with Crippen LogP contribution < -0.4 is 4.74 Å². The van der Waals surface area contributed by atoms with E-state index < -0.39 is 18.3 Å². The summed E-state index contributed by atoms with van der Waals surface area (Å²) in [5.74, 6) is 1.03. The normalized spacial score (nSPS) is 21.2. The zero-order valence-corrected chi connectivity index (χ0v) is 30.3. The SMILES string of the molecule is COCC(=O)N1C[C@H](CC(C)C)N(C(=O)CSc2nnc(-c3ccncc3)n2-c2ccccc2OC)CCCCOC[C@@H](O)[C@@H](O)[C@H](OC)C1. The third-order valence-electron chi connectivity index (χ3n) is 8.48. The van der Waals surface area contributed by atoms with Gasteiger partial charge in [-0.25, -0.2) is 0 Å². The highest BCUT2D eigenvalue weighted by Gasteiger charge is 2.34. The molecule has 1 aromatic carbocycles. The summed E-state index contributed by atoms with van der Waals surface area (Å²) < 4.78 is 24.0. The summed E-state index contributed by atoms with van der Waals surface area (Å²) in [5, 5.41) is 31.0. The molecule has 0 saturated carbocycles. The summed E-state index contributed by atoms with van der Waals surface area (Å²) in [6.07, 6.45) is 1.88. The van der Waals surface area contributed by atoms with E-state index in [1.165, 1.54) is 26.0 Å². The largest absolute Gasteiger partial charge is 0.495 e. The molecular formula is C35H50N6O8S. The number of aliphatic hydroxyl groups excluding tert-OH is 2. The molecule has 0 aliphatic carbocycles. The molecule has 3 aromatic rings. The molecule has 2 amide bonds. The first-order valence-electron chi connectivity index (χ1n) is 16.8. The first-order chi connectivity index (χ1) is 24.2. The Labute approximate surface area is 298 Å². The number of methoxy groups -OCH3 is 3. The lowest BCUT2D eigenvalue weighted by atomic mass is 10.00. The van der Waals surface area contributed by atoms with Gasteiger partial charge in [0.15, 0.2) is 11.0 Å². The topological polar surface area (TPSA) is 162 Å². The van der Waals surface area contributed by atoms with Crippen molar-refractivity contribution in [2.24, 2.45) is 5.92 Å². The van der Waals surface area contributed by atoms with Crippen molar-refractivity contribution >= 4 is 23.6 Å². The standard InChI is InChI=1S/C35H50N6O8S/c1-24(2)18-26-19-39(31(43)22-46-3)20-30(48-5)33(45)28(42)21-49-17-9-8-16-40(26)32(44)23-50-35-38-37-34(25-12-14-36-15-13-25)41(35)27-10-6-7-11-29(27)47-4/h6-7,10-15,24,26,28,30,33,42,45H,8-9,16-23H2,1-5H3/t26-,28+,30+,33+/m0/s1. The van der Waals surface area contributed by atoms with Gasteiger partial charge >= 0.3 is 0 Å². The molecule has 1 saturated heterocycles. The van der Waals surface area contributed by atoms with Crippen LogP contribution in [0.15, 0.2) is 53.9 Å². The maximum atomic E-state index is 14.3. The fourth-order valence-electron chi connectivity index (χ4n) is 5.97. The molecule has 0 spiro atoms. The van der Waals surface area contributed by atoms with Gasteiger partial charge in [0.2, 0.25) is 11.8 Å². The Bertz CT molecular complexity index is 1490. The number of rotatable bonds is 11. The number of pyridine rings is 1. The zero-order chi connectivity index (χ0) is 36.0. The van der Waals surface area contributed by atoms with E-state index in [1.807, 2.05) is 45.9 Å². The Kier molecular flexibility index (Phi) is 15.4. The average molecular weight is 715 g/mol. The van der Waals surface area contributed by atoms with E-state index in [0.717, 1.165) is 11.3 Å². The van der Waals surface area contributed by atoms with E-state index >= 15 is 0 Å². The molecule has 2 N–H and O–H groups in total. The lowest BCUT2D eigenvalue weighted by Gasteiger charge is -2.38. The summed E-state index contributed by atoms with van der Waals surface area (Å²) in [4.78, 5) is 35.3. The van der Waals surface area contributed by atoms with Crippen LogP contribution in [0.2, 0.25) is 0 Å². The molecule has 0 unspecified atom stereocenters. The van der Waals surface area contributed by atoms with Crippen molar-refractivity contribution < 1.29 is 38.7 Å². The van der Waals surface area contributed by atoms with Crippen LogP contribution >= 0.6 is 11.8 Å². The summed E-state index contributed by atoms with van der Waals surface area (Å²) in [7, 11) is 4.46. The highest BCUT2D eigenvalue weighted by Crippen LogP contribution is 2.32. The summed E-state index contributed by atoms with van der Waals surface area (Å²) >= 11 is 1.27. The maximum absolute atomic E-state index is 14.3. The molecule has 14 nitrogen and oxygen atoms in total. The van der Waals surface area contributed by atoms with E-state index in [2.05, 4.69) is 29.0 Å². The summed E-state index contributed by atoms with van der Waals surface area (Å²) in [5.41, 5.74) is 1.53. The van der Waals surface area contributed by atoms with Gasteiger partial charge in [-0.1, -0.05) is 37.7 Å². The second-order valence-corrected chi connectivity index (χ2v) is 13.5. The molecule has 1 aliphatic rings. The quantitative estimate of drug-likeness (QED) is 0.280. The van der Waals surface area contributed by atoms with Crippen LogP contribution in [-0.4, -0.2) is 142 Å². The third kappa shape index (κ3) is 10.5. The molecule has 0 bridgehead atoms. The minimum Gasteiger partial charge on any atom is -0.495 e. The Morgan fingerprint density at radius 1 is 1.02 bits per heavy atom. The van der Waals surface area contributed by atoms with Crippen LogP contribution in [0, 0.1) is 5.92 Å². The predicted octanol–water partition coefficient (Wildman–Crippen LogP) is 2.70. The number of amides is 2. The lowest BCUT2D eigenvalue weighted by molar-refractivity contribution is -0.145. The molecule has 2 aromatic heterocycles. The second kappa shape index (κ2) is 19.7. The number of nitrogens with zero attached hydrogens (tertiary/aromatic N) is 6. The smallest absolute Gasteiger partial charge is 0.248 e. The summed E-state index contributed by atoms with van der Waals surface area (Å²) in [6.45, 7) is 4.85. The van der Waals surface area contributed by atoms with Crippen LogP contribution in [0.1, 0.15) is 33.1 Å². The molecular weight excluding hydrogens is 664 g/mol. The van der Waals surface area contributed by atoms with E-state index in [1.54, 1.807) is 24.4 Å². The number of hydrogen-bond acceptors (Lipinski definition) is 12. The van der Waals surface area contributed by atoms with Crippen LogP contribution in [0.3, 0.4) is 0 Å². The van der Waals surface area contributed by atoms with E-state index in [0.29, 0.717) is 49.1 Å². The number of carbonyl (C=O) groups excluding carboxylic acids is 2. The number of aliphatic hydroxyl groups is 2. The Morgan fingerprint density at radius 2 is 1.78 bits per heavy atom. The van der Waals surface area contributed by atoms with Gasteiger partial charge in [-0.2, -0.15) is 0 Å². The molecule has 15 heteroatoms. The van der Waals surface area contributed by atoms with Gasteiger partial charge in [-0.05, 0) is 49.4 Å². The first kappa shape index (κ1) is 39.2. The Hall–Kier alpha value is -3.60. The Morgan fingerprint density at radius 3 is 2.48 bits per heavy atom. The molecule has 0 radical (unpaired) electrons. The van der Waals surface area contributed by atoms with Gasteiger partial charge < -0.3 is 39.0 Å². The molecule has 4 atom stereocenters. The van der Waals surface area contributed by atoms with Gasteiger partial charge in [0.25, 0.3) is 0 Å². The van der Waals surface area contributed by atoms with Crippen molar-refractivity contribution in [3.63, 3.8) is 0 Å². The van der Waals surface area contributed by atoms with E-state index in [9.17, 15) is 19.8 Å². The monoisotopic (exact) mass is 714 g/mol. The number of ether oxygens (including phenoxy) is 4.